The number of hydrogen-bond acceptors (Lipinski definition) is 26. The first-order valence-electron chi connectivity index (χ1n) is 33.8. The van der Waals surface area contributed by atoms with Crippen LogP contribution in [0.15, 0.2) is 133 Å². The molecule has 0 unspecified atom stereocenters. The fourth-order valence-corrected chi connectivity index (χ4v) is 11.8. The normalized spacial score (nSPS) is 12.9. The van der Waals surface area contributed by atoms with Gasteiger partial charge in [0, 0.05) is 121 Å². The number of thiophene rings is 1. The fraction of sp³-hybridized carbons (Fsp3) is 0.333. The molecule has 106 heavy (non-hydrogen) atoms. The Morgan fingerprint density at radius 2 is 0.972 bits per heavy atom. The van der Waals surface area contributed by atoms with E-state index >= 15 is 0 Å². The third kappa shape index (κ3) is 21.6. The third-order valence-electron chi connectivity index (χ3n) is 16.6. The van der Waals surface area contributed by atoms with Crippen molar-refractivity contribution >= 4 is 98.9 Å². The van der Waals surface area contributed by atoms with Crippen molar-refractivity contribution in [2.45, 2.75) is 48.5 Å². The van der Waals surface area contributed by atoms with Crippen molar-refractivity contribution in [3.8, 4) is 23.0 Å². The molecule has 16 rings (SSSR count). The first kappa shape index (κ1) is 78.2. The summed E-state index contributed by atoms with van der Waals surface area (Å²) in [5, 5.41) is 5.36. The molecule has 26 nitrogen and oxygen atoms in total. The van der Waals surface area contributed by atoms with Crippen molar-refractivity contribution in [3.05, 3.63) is 191 Å². The van der Waals surface area contributed by atoms with Gasteiger partial charge in [-0.2, -0.15) is 0 Å². The number of methoxy groups -OCH3 is 2. The maximum absolute atomic E-state index is 14.0. The molecule has 0 spiro atoms. The van der Waals surface area contributed by atoms with E-state index in [1.165, 1.54) is 49.3 Å². The van der Waals surface area contributed by atoms with E-state index in [1.54, 1.807) is 68.8 Å². The van der Waals surface area contributed by atoms with Crippen LogP contribution in [0.25, 0.3) is 76.0 Å². The highest BCUT2D eigenvalue weighted by atomic mass is 35.5. The van der Waals surface area contributed by atoms with E-state index in [1.807, 2.05) is 89.5 Å². The molecule has 0 bridgehead atoms. The van der Waals surface area contributed by atoms with Gasteiger partial charge in [0.05, 0.1) is 120 Å². The summed E-state index contributed by atoms with van der Waals surface area (Å²) in [6.07, 6.45) is 14.0. The van der Waals surface area contributed by atoms with Gasteiger partial charge in [0.2, 0.25) is 0 Å². The molecule has 554 valence electrons. The van der Waals surface area contributed by atoms with E-state index in [-0.39, 0.29) is 22.3 Å². The Bertz CT molecular complexity index is 4980. The average molecular weight is 1490 g/mol. The average Bonchev–Trinajstić information content (AvgIpc) is 0.965. The van der Waals surface area contributed by atoms with Crippen LogP contribution in [0.1, 0.15) is 39.9 Å². The van der Waals surface area contributed by atoms with Gasteiger partial charge in [0.15, 0.2) is 40.3 Å². The molecule has 0 aliphatic carbocycles. The number of nitrogens with zero attached hydrogens (tertiary/aromatic N) is 16. The van der Waals surface area contributed by atoms with E-state index in [4.69, 9.17) is 53.9 Å². The van der Waals surface area contributed by atoms with E-state index in [9.17, 15) is 13.2 Å². The van der Waals surface area contributed by atoms with Crippen LogP contribution in [0, 0.1) is 65.9 Å². The summed E-state index contributed by atoms with van der Waals surface area (Å²) in [6, 6.07) is 19.3. The molecule has 2 saturated heterocycles. The van der Waals surface area contributed by atoms with E-state index < -0.39 is 17.5 Å². The molecule has 0 amide bonds. The van der Waals surface area contributed by atoms with Crippen LogP contribution in [0.3, 0.4) is 0 Å². The standard InChI is InChI=1S/C17H22FN3O3.C15H19N3O2.C12H13FN2O2.C10H8ClFN2O.C7H7N3.C7H6N2O.C7H6N2S/c1-13-14-10-17(15(18)11-16(14)20-12-19-13)24-9-8-23-7-4-21-2-5-22-6-3-21;1-12-14-3-2-13(10-15(14)17-11-16-12)20-9-6-18-4-7-19-8-5-18;1-8-9-5-12(17-4-3-16-2)10(13)6-11(9)15-7-14-8;1-5-6-3-7(15-2)9(12)8(11)10(6)14-4-13-5;1-5-7-6(2-3-8-7)10-4-9-5;2*1-5-7-6(2-3-10-7)9-4-8-5/h10-12H,2-9H2,1H3;2-3,10-11H,4-9H2,1H3;5-7H,3-4H2,1-2H3;3-4H,1-2H3;2-4,8H,1H3;2*2-4H,1H3. The number of halogens is 4. The number of furan rings is 1. The Hall–Kier alpha value is -10.4. The van der Waals surface area contributed by atoms with Gasteiger partial charge < -0.3 is 47.3 Å². The second kappa shape index (κ2) is 39.6. The minimum Gasteiger partial charge on any atom is -0.494 e. The zero-order valence-corrected chi connectivity index (χ0v) is 61.8. The molecule has 1 N–H and O–H groups in total. The number of aryl methyl sites for hydroxylation is 7. The highest BCUT2D eigenvalue weighted by Gasteiger charge is 2.17. The molecular weight excluding hydrogens is 1410 g/mol. The topological polar surface area (TPSA) is 290 Å². The van der Waals surface area contributed by atoms with Crippen molar-refractivity contribution in [1.29, 1.82) is 0 Å². The third-order valence-corrected chi connectivity index (χ3v) is 18.0. The number of ether oxygens (including phenoxy) is 8. The van der Waals surface area contributed by atoms with Crippen molar-refractivity contribution in [3.63, 3.8) is 0 Å². The van der Waals surface area contributed by atoms with Crippen LogP contribution in [0.4, 0.5) is 13.2 Å². The highest BCUT2D eigenvalue weighted by molar-refractivity contribution is 7.17. The van der Waals surface area contributed by atoms with Crippen molar-refractivity contribution < 1.29 is 55.5 Å². The van der Waals surface area contributed by atoms with Crippen LogP contribution >= 0.6 is 22.9 Å². The molecule has 31 heteroatoms. The first-order valence-corrected chi connectivity index (χ1v) is 35.1. The summed E-state index contributed by atoms with van der Waals surface area (Å²) in [6.45, 7) is 25.1. The number of H-pyrrole nitrogens is 1. The molecular formula is C75H81ClF3N17O9S. The second-order valence-electron chi connectivity index (χ2n) is 23.7. The van der Waals surface area contributed by atoms with Gasteiger partial charge in [-0.1, -0.05) is 11.6 Å². The molecule has 10 aromatic heterocycles. The Labute approximate surface area is 618 Å². The predicted molar refractivity (Wildman–Crippen MR) is 400 cm³/mol. The van der Waals surface area contributed by atoms with Gasteiger partial charge in [-0.05, 0) is 96.3 Å². The molecule has 12 heterocycles. The summed E-state index contributed by atoms with van der Waals surface area (Å²) in [7, 11) is 2.96. The number of nitrogens with one attached hydrogen (secondary N) is 1. The van der Waals surface area contributed by atoms with Crippen LogP contribution in [0.2, 0.25) is 5.02 Å². The van der Waals surface area contributed by atoms with E-state index in [2.05, 4.69) is 84.6 Å². The highest BCUT2D eigenvalue weighted by Crippen LogP contribution is 2.33. The SMILES string of the molecule is COCCOc1cc2c(C)ncnc2cc1F.COc1cc2c(C)ncnc2c(Cl)c1F.Cc1ncnc2cc(F)c(OCCOCCN3CCOCC3)cc12.Cc1ncnc2cc(OCCN3CCOCC3)ccc12.Cc1ncnc2cc[nH]c12.Cc1ncnc2ccoc12.Cc1ncnc2ccsc12. The summed E-state index contributed by atoms with van der Waals surface area (Å²) < 4.78 is 90.0. The van der Waals surface area contributed by atoms with Gasteiger partial charge >= 0.3 is 0 Å². The number of fused-ring (bicyclic) bond motifs is 7. The Balaban J connectivity index is 0.000000135. The Morgan fingerprint density at radius 1 is 0.462 bits per heavy atom. The molecule has 0 saturated carbocycles. The number of benzene rings is 4. The number of aromatic nitrogens is 15. The molecule has 4 aromatic carbocycles. The summed E-state index contributed by atoms with van der Waals surface area (Å²) in [5.74, 6) is -0.0655. The van der Waals surface area contributed by atoms with Crippen LogP contribution in [-0.2, 0) is 18.9 Å². The number of aromatic amines is 1. The largest absolute Gasteiger partial charge is 0.494 e. The molecule has 0 radical (unpaired) electrons. The van der Waals surface area contributed by atoms with Gasteiger partial charge in [-0.25, -0.2) is 82.9 Å². The zero-order valence-electron chi connectivity index (χ0n) is 60.2. The number of rotatable bonds is 16. The van der Waals surface area contributed by atoms with Gasteiger partial charge in [-0.3, -0.25) is 9.80 Å². The van der Waals surface area contributed by atoms with Crippen LogP contribution < -0.4 is 18.9 Å². The smallest absolute Gasteiger partial charge is 0.185 e. The summed E-state index contributed by atoms with van der Waals surface area (Å²) >= 11 is 7.53. The van der Waals surface area contributed by atoms with E-state index in [0.717, 1.165) is 161 Å². The number of hydrogen-bond donors (Lipinski definition) is 1. The molecule has 2 fully saturated rings. The minimum absolute atomic E-state index is 0.0325. The zero-order chi connectivity index (χ0) is 74.7. The first-order chi connectivity index (χ1) is 51.6. The van der Waals surface area contributed by atoms with Crippen molar-refractivity contribution in [2.24, 2.45) is 0 Å². The summed E-state index contributed by atoms with van der Waals surface area (Å²) in [4.78, 5) is 64.6. The lowest BCUT2D eigenvalue weighted by Crippen LogP contribution is -2.38. The van der Waals surface area contributed by atoms with Gasteiger partial charge in [0.1, 0.15) is 80.4 Å². The number of morpholine rings is 2. The maximum Gasteiger partial charge on any atom is 0.185 e. The molecule has 2 aliphatic rings. The monoisotopic (exact) mass is 1490 g/mol. The maximum atomic E-state index is 14.0. The lowest BCUT2D eigenvalue weighted by Gasteiger charge is -2.26. The summed E-state index contributed by atoms with van der Waals surface area (Å²) in [5.41, 5.74) is 13.5. The van der Waals surface area contributed by atoms with Crippen molar-refractivity contribution in [1.82, 2.24) is 84.6 Å². The lowest BCUT2D eigenvalue weighted by molar-refractivity contribution is 0.0169. The van der Waals surface area contributed by atoms with Crippen molar-refractivity contribution in [2.75, 3.05) is 120 Å². The molecule has 14 aromatic rings. The Morgan fingerprint density at radius 3 is 1.56 bits per heavy atom. The quantitative estimate of drug-likeness (QED) is 0.0879. The minimum atomic E-state index is -0.593. The molecule has 0 atom stereocenters. The fourth-order valence-electron chi connectivity index (χ4n) is 10.7. The lowest BCUT2D eigenvalue weighted by atomic mass is 10.2. The molecule has 2 aliphatic heterocycles. The van der Waals surface area contributed by atoms with Crippen LogP contribution in [0.5, 0.6) is 23.0 Å². The predicted octanol–water partition coefficient (Wildman–Crippen LogP) is 13.1. The van der Waals surface area contributed by atoms with E-state index in [0.29, 0.717) is 61.6 Å². The van der Waals surface area contributed by atoms with Crippen LogP contribution in [-0.4, -0.2) is 204 Å². The second-order valence-corrected chi connectivity index (χ2v) is 25.0. The Kier molecular flexibility index (Phi) is 29.2. The van der Waals surface area contributed by atoms with Gasteiger partial charge in [0.25, 0.3) is 0 Å². The van der Waals surface area contributed by atoms with Gasteiger partial charge in [-0.15, -0.1) is 11.3 Å².